The molecule has 1 heterocycles. The van der Waals surface area contributed by atoms with Crippen molar-refractivity contribution in [3.8, 4) is 0 Å². The zero-order valence-corrected chi connectivity index (χ0v) is 11.7. The van der Waals surface area contributed by atoms with Crippen molar-refractivity contribution in [2.45, 2.75) is 19.8 Å². The summed E-state index contributed by atoms with van der Waals surface area (Å²) in [7, 11) is -1.01. The summed E-state index contributed by atoms with van der Waals surface area (Å²) >= 11 is 0. The van der Waals surface area contributed by atoms with Crippen LogP contribution in [-0.4, -0.2) is 58.8 Å². The summed E-state index contributed by atoms with van der Waals surface area (Å²) < 4.78 is 26.0. The summed E-state index contributed by atoms with van der Waals surface area (Å²) in [5.74, 6) is 0.631. The van der Waals surface area contributed by atoms with Crippen LogP contribution in [-0.2, 0) is 10.0 Å². The van der Waals surface area contributed by atoms with Crippen molar-refractivity contribution in [2.24, 2.45) is 5.92 Å². The molecule has 0 amide bonds. The van der Waals surface area contributed by atoms with E-state index >= 15 is 0 Å². The lowest BCUT2D eigenvalue weighted by molar-refractivity contribution is 0.211. The van der Waals surface area contributed by atoms with Gasteiger partial charge in [-0.1, -0.05) is 6.92 Å². The molecule has 102 valence electrons. The average molecular weight is 263 g/mol. The standard InChI is InChI=1S/C11H25N3O2S/c1-3-12-6-8-17(15,16)13-9-11-5-4-7-14(2)10-11/h11-13H,3-10H2,1-2H3. The van der Waals surface area contributed by atoms with E-state index < -0.39 is 10.0 Å². The fourth-order valence-corrected chi connectivity index (χ4v) is 3.19. The minimum atomic E-state index is -3.10. The molecule has 1 saturated heterocycles. The molecule has 5 nitrogen and oxygen atoms in total. The second-order valence-corrected chi connectivity index (χ2v) is 6.72. The van der Waals surface area contributed by atoms with Crippen molar-refractivity contribution < 1.29 is 8.42 Å². The Morgan fingerprint density at radius 1 is 1.41 bits per heavy atom. The van der Waals surface area contributed by atoms with Gasteiger partial charge in [-0.05, 0) is 38.9 Å². The number of piperidine rings is 1. The van der Waals surface area contributed by atoms with Gasteiger partial charge in [-0.2, -0.15) is 0 Å². The Bertz CT molecular complexity index is 306. The zero-order valence-electron chi connectivity index (χ0n) is 10.9. The highest BCUT2D eigenvalue weighted by molar-refractivity contribution is 7.89. The van der Waals surface area contributed by atoms with Crippen molar-refractivity contribution in [3.05, 3.63) is 0 Å². The fourth-order valence-electron chi connectivity index (χ4n) is 2.14. The first kappa shape index (κ1) is 14.9. The zero-order chi connectivity index (χ0) is 12.7. The molecule has 1 fully saturated rings. The van der Waals surface area contributed by atoms with Crippen molar-refractivity contribution in [2.75, 3.05) is 45.5 Å². The molecule has 0 saturated carbocycles. The Balaban J connectivity index is 2.23. The van der Waals surface area contributed by atoms with Gasteiger partial charge in [-0.25, -0.2) is 13.1 Å². The van der Waals surface area contributed by atoms with Crippen LogP contribution in [0.2, 0.25) is 0 Å². The number of nitrogens with one attached hydrogen (secondary N) is 2. The van der Waals surface area contributed by atoms with E-state index in [2.05, 4.69) is 22.0 Å². The van der Waals surface area contributed by atoms with E-state index in [-0.39, 0.29) is 5.75 Å². The third-order valence-electron chi connectivity index (χ3n) is 3.11. The van der Waals surface area contributed by atoms with Gasteiger partial charge in [0.15, 0.2) is 0 Å². The first-order valence-corrected chi connectivity index (χ1v) is 8.05. The number of sulfonamides is 1. The van der Waals surface area contributed by atoms with Gasteiger partial charge < -0.3 is 10.2 Å². The molecule has 0 aromatic rings. The van der Waals surface area contributed by atoms with Crippen LogP contribution in [0.25, 0.3) is 0 Å². The van der Waals surface area contributed by atoms with Crippen molar-refractivity contribution >= 4 is 10.0 Å². The normalized spacial score (nSPS) is 22.8. The summed E-state index contributed by atoms with van der Waals surface area (Å²) in [4.78, 5) is 2.26. The second kappa shape index (κ2) is 7.31. The van der Waals surface area contributed by atoms with Crippen molar-refractivity contribution in [1.82, 2.24) is 14.9 Å². The van der Waals surface area contributed by atoms with Gasteiger partial charge in [0.25, 0.3) is 0 Å². The van der Waals surface area contributed by atoms with E-state index in [1.54, 1.807) is 0 Å². The van der Waals surface area contributed by atoms with Crippen LogP contribution in [0.15, 0.2) is 0 Å². The van der Waals surface area contributed by atoms with E-state index in [4.69, 9.17) is 0 Å². The largest absolute Gasteiger partial charge is 0.316 e. The molecule has 17 heavy (non-hydrogen) atoms. The molecule has 0 aliphatic carbocycles. The molecule has 2 N–H and O–H groups in total. The van der Waals surface area contributed by atoms with Crippen LogP contribution in [0.1, 0.15) is 19.8 Å². The number of nitrogens with zero attached hydrogens (tertiary/aromatic N) is 1. The molecule has 1 unspecified atom stereocenters. The van der Waals surface area contributed by atoms with Gasteiger partial charge in [-0.3, -0.25) is 0 Å². The molecular weight excluding hydrogens is 238 g/mol. The Kier molecular flexibility index (Phi) is 6.40. The van der Waals surface area contributed by atoms with Crippen LogP contribution in [0.4, 0.5) is 0 Å². The van der Waals surface area contributed by atoms with E-state index in [0.29, 0.717) is 19.0 Å². The maximum absolute atomic E-state index is 11.7. The van der Waals surface area contributed by atoms with E-state index in [0.717, 1.165) is 26.1 Å². The molecular formula is C11H25N3O2S. The van der Waals surface area contributed by atoms with Gasteiger partial charge in [0.2, 0.25) is 10.0 Å². The van der Waals surface area contributed by atoms with Crippen LogP contribution in [0, 0.1) is 5.92 Å². The van der Waals surface area contributed by atoms with Gasteiger partial charge >= 0.3 is 0 Å². The molecule has 1 atom stereocenters. The highest BCUT2D eigenvalue weighted by Crippen LogP contribution is 2.14. The summed E-state index contributed by atoms with van der Waals surface area (Å²) in [6, 6.07) is 0. The third-order valence-corrected chi connectivity index (χ3v) is 4.46. The minimum absolute atomic E-state index is 0.170. The minimum Gasteiger partial charge on any atom is -0.316 e. The fraction of sp³-hybridized carbons (Fsp3) is 1.00. The summed E-state index contributed by atoms with van der Waals surface area (Å²) in [6.07, 6.45) is 2.29. The van der Waals surface area contributed by atoms with E-state index in [9.17, 15) is 8.42 Å². The number of rotatable bonds is 7. The highest BCUT2D eigenvalue weighted by atomic mass is 32.2. The molecule has 1 rings (SSSR count). The Morgan fingerprint density at radius 2 is 2.18 bits per heavy atom. The maximum Gasteiger partial charge on any atom is 0.212 e. The van der Waals surface area contributed by atoms with Gasteiger partial charge in [0.05, 0.1) is 5.75 Å². The Morgan fingerprint density at radius 3 is 2.82 bits per heavy atom. The number of hydrogen-bond donors (Lipinski definition) is 2. The van der Waals surface area contributed by atoms with Gasteiger partial charge in [0, 0.05) is 19.6 Å². The average Bonchev–Trinajstić information content (AvgIpc) is 2.27. The quantitative estimate of drug-likeness (QED) is 0.628. The molecule has 0 aromatic carbocycles. The van der Waals surface area contributed by atoms with Crippen LogP contribution < -0.4 is 10.0 Å². The molecule has 0 aromatic heterocycles. The molecule has 1 aliphatic rings. The SMILES string of the molecule is CCNCCS(=O)(=O)NCC1CCCN(C)C1. The lowest BCUT2D eigenvalue weighted by Gasteiger charge is -2.29. The Hall–Kier alpha value is -0.170. The molecule has 1 aliphatic heterocycles. The topological polar surface area (TPSA) is 61.4 Å². The van der Waals surface area contributed by atoms with E-state index in [1.807, 2.05) is 6.92 Å². The Labute approximate surface area is 105 Å². The highest BCUT2D eigenvalue weighted by Gasteiger charge is 2.19. The maximum atomic E-state index is 11.7. The lowest BCUT2D eigenvalue weighted by atomic mass is 9.99. The van der Waals surface area contributed by atoms with Crippen molar-refractivity contribution in [1.29, 1.82) is 0 Å². The molecule has 0 bridgehead atoms. The van der Waals surface area contributed by atoms with Crippen LogP contribution in [0.3, 0.4) is 0 Å². The monoisotopic (exact) mass is 263 g/mol. The third kappa shape index (κ3) is 6.35. The van der Waals surface area contributed by atoms with Crippen LogP contribution >= 0.6 is 0 Å². The first-order valence-electron chi connectivity index (χ1n) is 6.40. The smallest absolute Gasteiger partial charge is 0.212 e. The molecule has 6 heteroatoms. The van der Waals surface area contributed by atoms with Crippen LogP contribution in [0.5, 0.6) is 0 Å². The number of hydrogen-bond acceptors (Lipinski definition) is 4. The second-order valence-electron chi connectivity index (χ2n) is 4.79. The first-order chi connectivity index (χ1) is 8.03. The molecule has 0 radical (unpaired) electrons. The predicted molar refractivity (Wildman–Crippen MR) is 70.6 cm³/mol. The molecule has 0 spiro atoms. The van der Waals surface area contributed by atoms with Gasteiger partial charge in [0.1, 0.15) is 0 Å². The summed E-state index contributed by atoms with van der Waals surface area (Å²) in [5.41, 5.74) is 0. The van der Waals surface area contributed by atoms with E-state index in [1.165, 1.54) is 6.42 Å². The predicted octanol–water partition coefficient (Wildman–Crippen LogP) is -0.143. The summed E-state index contributed by atoms with van der Waals surface area (Å²) in [5, 5.41) is 3.02. The van der Waals surface area contributed by atoms with Crippen molar-refractivity contribution in [3.63, 3.8) is 0 Å². The number of likely N-dealkylation sites (tertiary alicyclic amines) is 1. The lowest BCUT2D eigenvalue weighted by Crippen LogP contribution is -2.40. The van der Waals surface area contributed by atoms with Gasteiger partial charge in [-0.15, -0.1) is 0 Å². The summed E-state index contributed by atoms with van der Waals surface area (Å²) in [6.45, 7) is 6.01.